The van der Waals surface area contributed by atoms with Gasteiger partial charge in [-0.2, -0.15) is 0 Å². The number of aryl methyl sites for hydroxylation is 3. The van der Waals surface area contributed by atoms with E-state index >= 15 is 0 Å². The van der Waals surface area contributed by atoms with Crippen LogP contribution >= 0.6 is 0 Å². The summed E-state index contributed by atoms with van der Waals surface area (Å²) in [4.78, 5) is 11.9. The van der Waals surface area contributed by atoms with Crippen molar-refractivity contribution in [2.75, 3.05) is 21.3 Å². The van der Waals surface area contributed by atoms with Gasteiger partial charge in [0.25, 0.3) is 0 Å². The lowest BCUT2D eigenvalue weighted by molar-refractivity contribution is -0.118. The lowest BCUT2D eigenvalue weighted by Crippen LogP contribution is -2.12. The number of rotatable bonds is 21. The summed E-state index contributed by atoms with van der Waals surface area (Å²) in [7, 11) is 5.06. The van der Waals surface area contributed by atoms with E-state index in [0.717, 1.165) is 54.9 Å². The Bertz CT molecular complexity index is 3090. The van der Waals surface area contributed by atoms with E-state index in [1.54, 1.807) is 52.5 Å². The minimum atomic E-state index is -0.0939. The van der Waals surface area contributed by atoms with Crippen molar-refractivity contribution in [1.82, 2.24) is 0 Å². The number of aromatic hydroxyl groups is 2. The maximum Gasteiger partial charge on any atom is 0.137 e. The molecule has 8 aromatic carbocycles. The number of hydrogen-bond donors (Lipinski definition) is 2. The summed E-state index contributed by atoms with van der Waals surface area (Å²) in [5, 5.41) is 18.8. The van der Waals surface area contributed by atoms with Crippen LogP contribution in [-0.4, -0.2) is 37.3 Å². The molecule has 8 rings (SSSR count). The van der Waals surface area contributed by atoms with Crippen molar-refractivity contribution in [2.45, 2.75) is 131 Å². The standard InChI is InChI=1S/C20H26O.C20H24O.C18H20O2.C18H22O2/c2*1-5-16(3)20(14-17-8-6-15(2)7-9-17)18-10-12-19(21-4)13-11-18;1-13-4-6-15(7-5-13)12-18(14(2)19)16-8-10-17(20-3)11-9-16;1-3-13(2)18(15-6-10-17(20)11-7-15)12-14-4-8-16(19)9-5-14/h6-13,16,20H,5,14H2,1-4H3;5-13,20H,14H2,1-4H3;4-11,18H,12H2,1-3H3;4-11,13,18-20H,3,12H2,1-2H3. The van der Waals surface area contributed by atoms with Crippen molar-refractivity contribution in [2.24, 2.45) is 11.8 Å². The van der Waals surface area contributed by atoms with Crippen molar-refractivity contribution < 1.29 is 29.2 Å². The lowest BCUT2D eigenvalue weighted by atomic mass is 9.81. The maximum atomic E-state index is 11.9. The van der Waals surface area contributed by atoms with E-state index in [9.17, 15) is 15.0 Å². The van der Waals surface area contributed by atoms with Gasteiger partial charge in [-0.05, 0) is 196 Å². The second-order valence-corrected chi connectivity index (χ2v) is 22.1. The lowest BCUT2D eigenvalue weighted by Gasteiger charge is -2.24. The summed E-state index contributed by atoms with van der Waals surface area (Å²) in [6.45, 7) is 21.4. The van der Waals surface area contributed by atoms with Crippen LogP contribution < -0.4 is 14.2 Å². The Morgan fingerprint density at radius 1 is 0.402 bits per heavy atom. The summed E-state index contributed by atoms with van der Waals surface area (Å²) < 4.78 is 15.7. The predicted molar refractivity (Wildman–Crippen MR) is 344 cm³/mol. The van der Waals surface area contributed by atoms with Crippen LogP contribution in [0.5, 0.6) is 28.7 Å². The van der Waals surface area contributed by atoms with Crippen molar-refractivity contribution in [3.8, 4) is 28.7 Å². The molecule has 0 amide bonds. The highest BCUT2D eigenvalue weighted by Gasteiger charge is 2.21. The third kappa shape index (κ3) is 20.9. The molecule has 6 atom stereocenters. The quantitative estimate of drug-likeness (QED) is 0.0698. The molecule has 0 aliphatic rings. The first-order valence-electron chi connectivity index (χ1n) is 29.3. The molecule has 6 unspecified atom stereocenters. The first kappa shape index (κ1) is 65.0. The van der Waals surface area contributed by atoms with Crippen LogP contribution in [0.15, 0.2) is 206 Å². The number of ether oxygens (including phenoxy) is 3. The number of methoxy groups -OCH3 is 3. The Morgan fingerprint density at radius 2 is 0.671 bits per heavy atom. The highest BCUT2D eigenvalue weighted by molar-refractivity contribution is 5.83. The molecule has 0 aliphatic carbocycles. The number of ketones is 1. The SMILES string of the molecule is CC=C(C)C(Cc1ccc(C)cc1)c1ccc(OC)cc1.CCC(C)C(Cc1ccc(C)cc1)c1ccc(OC)cc1.CCC(C)C(Cc1ccc(O)cc1)c1ccc(O)cc1.COc1ccc(C(Cc2ccc(C)cc2)C(C)=O)cc1. The average molecular weight is 1100 g/mol. The van der Waals surface area contributed by atoms with Gasteiger partial charge in [-0.1, -0.05) is 202 Å². The fourth-order valence-electron chi connectivity index (χ4n) is 10.1. The van der Waals surface area contributed by atoms with Gasteiger partial charge in [-0.3, -0.25) is 4.79 Å². The number of allylic oxidation sites excluding steroid dienone is 2. The van der Waals surface area contributed by atoms with Gasteiger partial charge in [0.05, 0.1) is 21.3 Å². The Labute approximate surface area is 492 Å². The van der Waals surface area contributed by atoms with Crippen molar-refractivity contribution >= 4 is 5.78 Å². The second-order valence-electron chi connectivity index (χ2n) is 22.1. The summed E-state index contributed by atoms with van der Waals surface area (Å²) in [6.07, 6.45) is 8.33. The number of carbonyl (C=O) groups is 1. The Balaban J connectivity index is 0.000000200. The molecular weight excluding hydrogens is 1010 g/mol. The normalized spacial score (nSPS) is 13.2. The predicted octanol–water partition coefficient (Wildman–Crippen LogP) is 19.1. The molecule has 0 aliphatic heterocycles. The van der Waals surface area contributed by atoms with Crippen molar-refractivity contribution in [3.05, 3.63) is 267 Å². The smallest absolute Gasteiger partial charge is 0.137 e. The monoisotopic (exact) mass is 1100 g/mol. The first-order chi connectivity index (χ1) is 39.5. The van der Waals surface area contributed by atoms with Crippen LogP contribution in [0.25, 0.3) is 0 Å². The van der Waals surface area contributed by atoms with Gasteiger partial charge < -0.3 is 24.4 Å². The summed E-state index contributed by atoms with van der Waals surface area (Å²) >= 11 is 0. The van der Waals surface area contributed by atoms with Crippen LogP contribution in [0.2, 0.25) is 0 Å². The van der Waals surface area contributed by atoms with Crippen molar-refractivity contribution in [1.29, 1.82) is 0 Å². The van der Waals surface area contributed by atoms with Gasteiger partial charge in [0, 0.05) is 11.8 Å². The third-order valence-electron chi connectivity index (χ3n) is 16.1. The Kier molecular flexibility index (Phi) is 26.8. The van der Waals surface area contributed by atoms with Gasteiger partial charge in [0.15, 0.2) is 0 Å². The van der Waals surface area contributed by atoms with E-state index in [0.29, 0.717) is 41.1 Å². The average Bonchev–Trinajstić information content (AvgIpc) is 3.50. The molecule has 82 heavy (non-hydrogen) atoms. The third-order valence-corrected chi connectivity index (χ3v) is 16.1. The van der Waals surface area contributed by atoms with Crippen LogP contribution in [0.4, 0.5) is 0 Å². The molecule has 0 saturated heterocycles. The van der Waals surface area contributed by atoms with Gasteiger partial charge in [-0.25, -0.2) is 0 Å². The molecule has 6 heteroatoms. The van der Waals surface area contributed by atoms with E-state index < -0.39 is 0 Å². The Hall–Kier alpha value is -7.83. The van der Waals surface area contributed by atoms with E-state index in [-0.39, 0.29) is 11.7 Å². The molecule has 432 valence electrons. The topological polar surface area (TPSA) is 85.2 Å². The molecule has 8 aromatic rings. The molecule has 0 heterocycles. The molecule has 0 fully saturated rings. The molecule has 0 bridgehead atoms. The number of hydrogen-bond acceptors (Lipinski definition) is 6. The minimum absolute atomic E-state index is 0.0939. The highest BCUT2D eigenvalue weighted by atomic mass is 16.5. The zero-order valence-electron chi connectivity index (χ0n) is 51.3. The molecular formula is C76H92O6. The van der Waals surface area contributed by atoms with Crippen LogP contribution in [0.3, 0.4) is 0 Å². The summed E-state index contributed by atoms with van der Waals surface area (Å²) in [6, 6.07) is 65.8. The van der Waals surface area contributed by atoms with Gasteiger partial charge in [-0.15, -0.1) is 0 Å². The molecule has 0 radical (unpaired) electrons. The van der Waals surface area contributed by atoms with Gasteiger partial charge >= 0.3 is 0 Å². The first-order valence-corrected chi connectivity index (χ1v) is 29.3. The maximum absolute atomic E-state index is 11.9. The number of phenols is 2. The number of benzene rings is 8. The number of carbonyl (C=O) groups excluding carboxylic acids is 1. The van der Waals surface area contributed by atoms with E-state index in [1.807, 2.05) is 60.7 Å². The molecule has 0 saturated carbocycles. The Morgan fingerprint density at radius 3 is 0.976 bits per heavy atom. The van der Waals surface area contributed by atoms with Crippen molar-refractivity contribution in [3.63, 3.8) is 0 Å². The fraction of sp³-hybridized carbons (Fsp3) is 0.329. The second kappa shape index (κ2) is 33.8. The molecule has 6 nitrogen and oxygen atoms in total. The minimum Gasteiger partial charge on any atom is -0.508 e. The van der Waals surface area contributed by atoms with E-state index in [2.05, 4.69) is 178 Å². The zero-order valence-corrected chi connectivity index (χ0v) is 51.3. The molecule has 0 aromatic heterocycles. The zero-order chi connectivity index (χ0) is 59.6. The van der Waals surface area contributed by atoms with Gasteiger partial charge in [0.2, 0.25) is 0 Å². The van der Waals surface area contributed by atoms with Gasteiger partial charge in [0.1, 0.15) is 34.5 Å². The summed E-state index contributed by atoms with van der Waals surface area (Å²) in [5.74, 6) is 5.99. The number of phenolic OH excluding ortho intramolecular Hbond substituents is 2. The van der Waals surface area contributed by atoms with Crippen LogP contribution in [0, 0.1) is 32.6 Å². The molecule has 2 N–H and O–H groups in total. The fourth-order valence-corrected chi connectivity index (χ4v) is 10.1. The largest absolute Gasteiger partial charge is 0.508 e. The molecule has 0 spiro atoms. The number of Topliss-reactive ketones (excluding diaryl/α,β-unsaturated/α-hetero) is 1. The van der Waals surface area contributed by atoms with E-state index in [4.69, 9.17) is 14.2 Å². The summed E-state index contributed by atoms with van der Waals surface area (Å²) in [5.41, 5.74) is 15.5. The van der Waals surface area contributed by atoms with Crippen LogP contribution in [0.1, 0.15) is 146 Å². The highest BCUT2D eigenvalue weighted by Crippen LogP contribution is 2.34. The van der Waals surface area contributed by atoms with E-state index in [1.165, 1.54) is 67.6 Å². The van der Waals surface area contributed by atoms with Crippen LogP contribution in [-0.2, 0) is 30.5 Å².